The minimum atomic E-state index is -0.529. The summed E-state index contributed by atoms with van der Waals surface area (Å²) in [5, 5.41) is 19.3. The average molecular weight is 307 g/mol. The molecule has 0 spiro atoms. The smallest absolute Gasteiger partial charge is 0.339 e. The maximum atomic E-state index is 12.0. The summed E-state index contributed by atoms with van der Waals surface area (Å²) < 4.78 is 5.00. The second-order valence-corrected chi connectivity index (χ2v) is 5.05. The molecule has 2 N–H and O–H groups in total. The number of aryl methyl sites for hydroxylation is 1. The van der Waals surface area contributed by atoms with Crippen LogP contribution < -0.4 is 4.90 Å². The number of unbranched alkanes of at least 4 members (excludes halogenated alkanes) is 1. The van der Waals surface area contributed by atoms with Gasteiger partial charge in [-0.15, -0.1) is 0 Å². The minimum absolute atomic E-state index is 0.119. The number of aliphatic hydroxyl groups is 2. The lowest BCUT2D eigenvalue weighted by Crippen LogP contribution is -2.35. The van der Waals surface area contributed by atoms with Crippen molar-refractivity contribution in [1.29, 1.82) is 0 Å². The number of rotatable bonds is 6. The number of fused-ring (bicyclic) bond motifs is 1. The minimum Gasteiger partial charge on any atom is -0.506 e. The number of ether oxygens (including phenoxy) is 1. The van der Waals surface area contributed by atoms with E-state index in [1.165, 1.54) is 6.20 Å². The standard InChI is InChI=1S/C15H21N3O4/c1-3-22-15(21)12-9-18(6-4-5-7-19)14-11(13(12)20)8-16-10(2)17-14/h8,19-20H,3-7,9H2,1-2H3. The fraction of sp³-hybridized carbons (Fsp3) is 0.533. The van der Waals surface area contributed by atoms with E-state index in [1.807, 2.05) is 4.90 Å². The van der Waals surface area contributed by atoms with Crippen LogP contribution in [0, 0.1) is 6.92 Å². The van der Waals surface area contributed by atoms with Crippen LogP contribution in [0.5, 0.6) is 0 Å². The quantitative estimate of drug-likeness (QED) is 0.602. The molecule has 1 aliphatic heterocycles. The molecule has 0 unspecified atom stereocenters. The summed E-state index contributed by atoms with van der Waals surface area (Å²) in [6, 6.07) is 0. The summed E-state index contributed by atoms with van der Waals surface area (Å²) in [4.78, 5) is 22.4. The molecule has 1 aliphatic rings. The third kappa shape index (κ3) is 3.36. The highest BCUT2D eigenvalue weighted by atomic mass is 16.5. The van der Waals surface area contributed by atoms with E-state index in [0.717, 1.165) is 6.42 Å². The lowest BCUT2D eigenvalue weighted by atomic mass is 10.0. The third-order valence-electron chi connectivity index (χ3n) is 3.44. The van der Waals surface area contributed by atoms with Gasteiger partial charge >= 0.3 is 5.97 Å². The number of hydrogen-bond acceptors (Lipinski definition) is 7. The Balaban J connectivity index is 2.36. The summed E-state index contributed by atoms with van der Waals surface area (Å²) >= 11 is 0. The van der Waals surface area contributed by atoms with Gasteiger partial charge in [-0.2, -0.15) is 0 Å². The highest BCUT2D eigenvalue weighted by Gasteiger charge is 2.30. The number of nitrogens with zero attached hydrogens (tertiary/aromatic N) is 3. The van der Waals surface area contributed by atoms with Crippen LogP contribution in [0.25, 0.3) is 5.76 Å². The number of carbonyl (C=O) groups is 1. The summed E-state index contributed by atoms with van der Waals surface area (Å²) in [7, 11) is 0. The van der Waals surface area contributed by atoms with E-state index in [-0.39, 0.29) is 31.1 Å². The molecule has 0 saturated heterocycles. The Bertz CT molecular complexity index is 586. The highest BCUT2D eigenvalue weighted by Crippen LogP contribution is 2.32. The summed E-state index contributed by atoms with van der Waals surface area (Å²) in [6.45, 7) is 4.72. The van der Waals surface area contributed by atoms with Crippen LogP contribution >= 0.6 is 0 Å². The Kier molecular flexibility index (Phi) is 5.32. The Morgan fingerprint density at radius 3 is 2.91 bits per heavy atom. The average Bonchev–Trinajstić information content (AvgIpc) is 2.49. The van der Waals surface area contributed by atoms with E-state index < -0.39 is 5.97 Å². The number of carbonyl (C=O) groups excluding carboxylic acids is 1. The van der Waals surface area contributed by atoms with E-state index in [1.54, 1.807) is 13.8 Å². The molecule has 0 bridgehead atoms. The maximum Gasteiger partial charge on any atom is 0.339 e. The molecule has 1 aromatic rings. The van der Waals surface area contributed by atoms with Crippen molar-refractivity contribution >= 4 is 17.5 Å². The van der Waals surface area contributed by atoms with Gasteiger partial charge in [0.2, 0.25) is 0 Å². The van der Waals surface area contributed by atoms with Crippen LogP contribution in [0.3, 0.4) is 0 Å². The topological polar surface area (TPSA) is 95.8 Å². The van der Waals surface area contributed by atoms with Crippen LogP contribution in [-0.4, -0.2) is 52.5 Å². The number of esters is 1. The monoisotopic (exact) mass is 307 g/mol. The van der Waals surface area contributed by atoms with Crippen LogP contribution in [0.15, 0.2) is 11.8 Å². The summed E-state index contributed by atoms with van der Waals surface area (Å²) in [5.74, 6) is 0.555. The van der Waals surface area contributed by atoms with Crippen molar-refractivity contribution < 1.29 is 19.7 Å². The number of aliphatic hydroxyl groups excluding tert-OH is 2. The van der Waals surface area contributed by atoms with Crippen molar-refractivity contribution in [2.75, 3.05) is 31.2 Å². The molecule has 7 nitrogen and oxygen atoms in total. The molecule has 0 amide bonds. The molecular formula is C15H21N3O4. The molecular weight excluding hydrogens is 286 g/mol. The fourth-order valence-corrected chi connectivity index (χ4v) is 2.35. The van der Waals surface area contributed by atoms with E-state index in [0.29, 0.717) is 30.2 Å². The predicted octanol–water partition coefficient (Wildman–Crippen LogP) is 1.21. The van der Waals surface area contributed by atoms with Crippen LogP contribution in [0.1, 0.15) is 31.2 Å². The molecule has 2 rings (SSSR count). The molecule has 2 heterocycles. The van der Waals surface area contributed by atoms with Crippen molar-refractivity contribution in [2.24, 2.45) is 0 Å². The lowest BCUT2D eigenvalue weighted by Gasteiger charge is -2.30. The van der Waals surface area contributed by atoms with Gasteiger partial charge in [0.15, 0.2) is 0 Å². The summed E-state index contributed by atoms with van der Waals surface area (Å²) in [5.41, 5.74) is 0.648. The molecule has 7 heteroatoms. The zero-order valence-corrected chi connectivity index (χ0v) is 12.9. The number of anilines is 1. The van der Waals surface area contributed by atoms with Crippen molar-refractivity contribution in [1.82, 2.24) is 9.97 Å². The zero-order chi connectivity index (χ0) is 16.1. The van der Waals surface area contributed by atoms with Crippen molar-refractivity contribution in [2.45, 2.75) is 26.7 Å². The molecule has 0 aliphatic carbocycles. The first kappa shape index (κ1) is 16.2. The second-order valence-electron chi connectivity index (χ2n) is 5.05. The maximum absolute atomic E-state index is 12.0. The molecule has 0 atom stereocenters. The lowest BCUT2D eigenvalue weighted by molar-refractivity contribution is -0.138. The van der Waals surface area contributed by atoms with Crippen molar-refractivity contribution in [3.05, 3.63) is 23.2 Å². The van der Waals surface area contributed by atoms with Gasteiger partial charge in [0.25, 0.3) is 0 Å². The van der Waals surface area contributed by atoms with Gasteiger partial charge in [0.1, 0.15) is 17.4 Å². The molecule has 0 radical (unpaired) electrons. The largest absolute Gasteiger partial charge is 0.506 e. The third-order valence-corrected chi connectivity index (χ3v) is 3.44. The SMILES string of the molecule is CCOC(=O)C1=C(O)c2cnc(C)nc2N(CCCCO)C1. The van der Waals surface area contributed by atoms with Crippen LogP contribution in [-0.2, 0) is 9.53 Å². The molecule has 0 saturated carbocycles. The zero-order valence-electron chi connectivity index (χ0n) is 12.9. The van der Waals surface area contributed by atoms with E-state index in [9.17, 15) is 9.90 Å². The Morgan fingerprint density at radius 2 is 2.23 bits per heavy atom. The fourth-order valence-electron chi connectivity index (χ4n) is 2.35. The molecule has 1 aromatic heterocycles. The van der Waals surface area contributed by atoms with E-state index >= 15 is 0 Å². The van der Waals surface area contributed by atoms with Gasteiger partial charge in [-0.25, -0.2) is 14.8 Å². The van der Waals surface area contributed by atoms with Gasteiger partial charge in [0.05, 0.1) is 24.3 Å². The van der Waals surface area contributed by atoms with Gasteiger partial charge in [-0.05, 0) is 26.7 Å². The Hall–Kier alpha value is -2.15. The van der Waals surface area contributed by atoms with Crippen molar-refractivity contribution in [3.8, 4) is 0 Å². The second kappa shape index (κ2) is 7.22. The number of aromatic nitrogens is 2. The Morgan fingerprint density at radius 1 is 1.45 bits per heavy atom. The summed E-state index contributed by atoms with van der Waals surface area (Å²) in [6.07, 6.45) is 2.95. The highest BCUT2D eigenvalue weighted by molar-refractivity contribution is 5.99. The molecule has 0 aromatic carbocycles. The molecule has 120 valence electrons. The normalized spacial score (nSPS) is 14.0. The predicted molar refractivity (Wildman–Crippen MR) is 81.5 cm³/mol. The first-order valence-corrected chi connectivity index (χ1v) is 7.37. The van der Waals surface area contributed by atoms with Gasteiger partial charge in [-0.1, -0.05) is 0 Å². The Labute approximate surface area is 129 Å². The van der Waals surface area contributed by atoms with Gasteiger partial charge in [-0.3, -0.25) is 0 Å². The van der Waals surface area contributed by atoms with Crippen LogP contribution in [0.4, 0.5) is 5.82 Å². The number of hydrogen-bond donors (Lipinski definition) is 2. The van der Waals surface area contributed by atoms with Gasteiger partial charge in [0, 0.05) is 19.3 Å². The van der Waals surface area contributed by atoms with Crippen molar-refractivity contribution in [3.63, 3.8) is 0 Å². The van der Waals surface area contributed by atoms with E-state index in [4.69, 9.17) is 9.84 Å². The van der Waals surface area contributed by atoms with Crippen LogP contribution in [0.2, 0.25) is 0 Å². The van der Waals surface area contributed by atoms with E-state index in [2.05, 4.69) is 9.97 Å². The molecule has 22 heavy (non-hydrogen) atoms. The first-order chi connectivity index (χ1) is 10.6. The molecule has 0 fully saturated rings. The first-order valence-electron chi connectivity index (χ1n) is 7.37. The van der Waals surface area contributed by atoms with Gasteiger partial charge < -0.3 is 19.8 Å².